The molecule has 0 radical (unpaired) electrons. The second-order valence-corrected chi connectivity index (χ2v) is 4.75. The SMILES string of the molecule is CCCOCCOC1(CI)CCCC1. The summed E-state index contributed by atoms with van der Waals surface area (Å²) < 4.78 is 12.5. The van der Waals surface area contributed by atoms with E-state index in [1.165, 1.54) is 25.7 Å². The highest BCUT2D eigenvalue weighted by atomic mass is 127. The Balaban J connectivity index is 2.08. The average Bonchev–Trinajstić information content (AvgIpc) is 2.67. The molecule has 0 atom stereocenters. The summed E-state index contributed by atoms with van der Waals surface area (Å²) in [5.74, 6) is 0. The van der Waals surface area contributed by atoms with E-state index < -0.39 is 0 Å². The summed E-state index contributed by atoms with van der Waals surface area (Å²) >= 11 is 2.44. The Bertz CT molecular complexity index is 144. The first kappa shape index (κ1) is 12.7. The highest BCUT2D eigenvalue weighted by molar-refractivity contribution is 14.1. The molecule has 1 aliphatic rings. The molecule has 2 nitrogen and oxygen atoms in total. The lowest BCUT2D eigenvalue weighted by Gasteiger charge is -2.27. The third-order valence-corrected chi connectivity index (χ3v) is 4.13. The standard InChI is InChI=1S/C11H21IO2/c1-2-7-13-8-9-14-11(10-12)5-3-4-6-11/h2-10H2,1H3. The molecule has 0 saturated heterocycles. The Morgan fingerprint density at radius 1 is 1.14 bits per heavy atom. The Hall–Kier alpha value is 0.650. The van der Waals surface area contributed by atoms with Crippen molar-refractivity contribution in [1.82, 2.24) is 0 Å². The van der Waals surface area contributed by atoms with E-state index in [1.807, 2.05) is 0 Å². The molecule has 0 heterocycles. The summed E-state index contributed by atoms with van der Waals surface area (Å²) in [4.78, 5) is 0. The number of halogens is 1. The Kier molecular flexibility index (Phi) is 6.37. The van der Waals surface area contributed by atoms with Crippen molar-refractivity contribution in [3.63, 3.8) is 0 Å². The third-order valence-electron chi connectivity index (χ3n) is 2.74. The number of ether oxygens (including phenoxy) is 2. The van der Waals surface area contributed by atoms with Crippen LogP contribution in [0.5, 0.6) is 0 Å². The van der Waals surface area contributed by atoms with Crippen LogP contribution >= 0.6 is 22.6 Å². The van der Waals surface area contributed by atoms with E-state index in [4.69, 9.17) is 9.47 Å². The minimum absolute atomic E-state index is 0.191. The van der Waals surface area contributed by atoms with Gasteiger partial charge in [-0.2, -0.15) is 0 Å². The van der Waals surface area contributed by atoms with Crippen molar-refractivity contribution in [1.29, 1.82) is 0 Å². The van der Waals surface area contributed by atoms with Gasteiger partial charge in [0.2, 0.25) is 0 Å². The molecule has 0 aromatic carbocycles. The third kappa shape index (κ3) is 4.03. The first-order chi connectivity index (χ1) is 6.83. The van der Waals surface area contributed by atoms with Gasteiger partial charge in [-0.15, -0.1) is 0 Å². The zero-order chi connectivity index (χ0) is 10.3. The molecule has 0 N–H and O–H groups in total. The van der Waals surface area contributed by atoms with Gasteiger partial charge in [0.25, 0.3) is 0 Å². The van der Waals surface area contributed by atoms with E-state index in [-0.39, 0.29) is 5.60 Å². The summed E-state index contributed by atoms with van der Waals surface area (Å²) in [7, 11) is 0. The smallest absolute Gasteiger partial charge is 0.0772 e. The fraction of sp³-hybridized carbons (Fsp3) is 1.00. The predicted octanol–water partition coefficient (Wildman–Crippen LogP) is 3.18. The average molecular weight is 312 g/mol. The van der Waals surface area contributed by atoms with Crippen LogP contribution in [-0.2, 0) is 9.47 Å². The maximum absolute atomic E-state index is 5.95. The highest BCUT2D eigenvalue weighted by Crippen LogP contribution is 2.34. The van der Waals surface area contributed by atoms with Gasteiger partial charge >= 0.3 is 0 Å². The van der Waals surface area contributed by atoms with E-state index in [0.717, 1.165) is 30.7 Å². The molecule has 0 amide bonds. The van der Waals surface area contributed by atoms with Crippen LogP contribution in [-0.4, -0.2) is 29.8 Å². The van der Waals surface area contributed by atoms with E-state index in [1.54, 1.807) is 0 Å². The van der Waals surface area contributed by atoms with Crippen molar-refractivity contribution < 1.29 is 9.47 Å². The molecular formula is C11H21IO2. The minimum Gasteiger partial charge on any atom is -0.379 e. The lowest BCUT2D eigenvalue weighted by atomic mass is 10.1. The van der Waals surface area contributed by atoms with Crippen molar-refractivity contribution in [3.05, 3.63) is 0 Å². The predicted molar refractivity (Wildman–Crippen MR) is 67.1 cm³/mol. The molecule has 1 aliphatic carbocycles. The topological polar surface area (TPSA) is 18.5 Å². The Labute approximate surface area is 101 Å². The molecular weight excluding hydrogens is 291 g/mol. The molecule has 1 saturated carbocycles. The fourth-order valence-electron chi connectivity index (χ4n) is 1.90. The van der Waals surface area contributed by atoms with Crippen molar-refractivity contribution >= 4 is 22.6 Å². The first-order valence-corrected chi connectivity index (χ1v) is 7.13. The van der Waals surface area contributed by atoms with E-state index >= 15 is 0 Å². The molecule has 1 rings (SSSR count). The van der Waals surface area contributed by atoms with Crippen molar-refractivity contribution in [3.8, 4) is 0 Å². The zero-order valence-corrected chi connectivity index (χ0v) is 11.2. The lowest BCUT2D eigenvalue weighted by molar-refractivity contribution is -0.0475. The van der Waals surface area contributed by atoms with Crippen LogP contribution in [0.25, 0.3) is 0 Å². The van der Waals surface area contributed by atoms with Crippen molar-refractivity contribution in [2.75, 3.05) is 24.2 Å². The number of hydrogen-bond donors (Lipinski definition) is 0. The summed E-state index contributed by atoms with van der Waals surface area (Å²) in [5, 5.41) is 0. The largest absolute Gasteiger partial charge is 0.379 e. The van der Waals surface area contributed by atoms with Crippen LogP contribution in [0, 0.1) is 0 Å². The second-order valence-electron chi connectivity index (χ2n) is 3.98. The first-order valence-electron chi connectivity index (χ1n) is 5.61. The molecule has 0 aromatic heterocycles. The molecule has 0 aromatic rings. The second kappa shape index (κ2) is 7.01. The maximum atomic E-state index is 5.95. The van der Waals surface area contributed by atoms with Crippen LogP contribution in [0.4, 0.5) is 0 Å². The van der Waals surface area contributed by atoms with Gasteiger partial charge in [0, 0.05) is 11.0 Å². The molecule has 3 heteroatoms. The van der Waals surface area contributed by atoms with Gasteiger partial charge in [-0.05, 0) is 19.3 Å². The van der Waals surface area contributed by atoms with Gasteiger partial charge in [0.1, 0.15) is 0 Å². The summed E-state index contributed by atoms with van der Waals surface area (Å²) in [5.41, 5.74) is 0.191. The van der Waals surface area contributed by atoms with Crippen LogP contribution in [0.3, 0.4) is 0 Å². The van der Waals surface area contributed by atoms with Crippen molar-refractivity contribution in [2.45, 2.75) is 44.6 Å². The van der Waals surface area contributed by atoms with Crippen LogP contribution < -0.4 is 0 Å². The summed E-state index contributed by atoms with van der Waals surface area (Å²) in [6, 6.07) is 0. The van der Waals surface area contributed by atoms with Crippen LogP contribution in [0.2, 0.25) is 0 Å². The highest BCUT2D eigenvalue weighted by Gasteiger charge is 2.33. The molecule has 1 fully saturated rings. The van der Waals surface area contributed by atoms with Gasteiger partial charge in [-0.1, -0.05) is 42.4 Å². The minimum atomic E-state index is 0.191. The number of alkyl halides is 1. The Morgan fingerprint density at radius 2 is 1.86 bits per heavy atom. The maximum Gasteiger partial charge on any atom is 0.0772 e. The van der Waals surface area contributed by atoms with Crippen LogP contribution in [0.1, 0.15) is 39.0 Å². The van der Waals surface area contributed by atoms with Gasteiger partial charge in [-0.3, -0.25) is 0 Å². The van der Waals surface area contributed by atoms with Gasteiger partial charge in [0.05, 0.1) is 18.8 Å². The summed E-state index contributed by atoms with van der Waals surface area (Å²) in [6.07, 6.45) is 6.24. The van der Waals surface area contributed by atoms with Gasteiger partial charge in [-0.25, -0.2) is 0 Å². The normalized spacial score (nSPS) is 20.1. The monoisotopic (exact) mass is 312 g/mol. The Morgan fingerprint density at radius 3 is 2.43 bits per heavy atom. The molecule has 0 spiro atoms. The zero-order valence-electron chi connectivity index (χ0n) is 9.06. The fourth-order valence-corrected chi connectivity index (χ4v) is 2.88. The lowest BCUT2D eigenvalue weighted by Crippen LogP contribution is -2.32. The van der Waals surface area contributed by atoms with E-state index in [9.17, 15) is 0 Å². The number of rotatable bonds is 7. The quantitative estimate of drug-likeness (QED) is 0.408. The van der Waals surface area contributed by atoms with Gasteiger partial charge < -0.3 is 9.47 Å². The van der Waals surface area contributed by atoms with Gasteiger partial charge in [0.15, 0.2) is 0 Å². The van der Waals surface area contributed by atoms with E-state index in [0.29, 0.717) is 0 Å². The molecule has 0 bridgehead atoms. The summed E-state index contributed by atoms with van der Waals surface area (Å²) in [6.45, 7) is 4.51. The number of hydrogen-bond acceptors (Lipinski definition) is 2. The van der Waals surface area contributed by atoms with E-state index in [2.05, 4.69) is 29.5 Å². The molecule has 84 valence electrons. The molecule has 14 heavy (non-hydrogen) atoms. The molecule has 0 unspecified atom stereocenters. The van der Waals surface area contributed by atoms with Crippen molar-refractivity contribution in [2.24, 2.45) is 0 Å². The van der Waals surface area contributed by atoms with Crippen LogP contribution in [0.15, 0.2) is 0 Å². The molecule has 0 aliphatic heterocycles.